The molecule has 1 fully saturated rings. The lowest BCUT2D eigenvalue weighted by atomic mass is 10.2. The first-order chi connectivity index (χ1) is 10.8. The Kier molecular flexibility index (Phi) is 6.19. The lowest BCUT2D eigenvalue weighted by molar-refractivity contribution is -0.902. The summed E-state index contributed by atoms with van der Waals surface area (Å²) in [5.41, 5.74) is 0.908. The fraction of sp³-hybridized carbons (Fsp3) is 0.533. The summed E-state index contributed by atoms with van der Waals surface area (Å²) in [7, 11) is -3.43. The molecule has 0 bridgehead atoms. The molecule has 0 atom stereocenters. The summed E-state index contributed by atoms with van der Waals surface area (Å²) in [5, 5.41) is 2.78. The molecule has 8 heteroatoms. The minimum absolute atomic E-state index is 0.0313. The maximum atomic E-state index is 12.7. The molecule has 0 unspecified atom stereocenters. The molecule has 0 aromatic heterocycles. The Morgan fingerprint density at radius 2 is 2.00 bits per heavy atom. The Bertz CT molecular complexity index is 671. The Morgan fingerprint density at radius 3 is 2.57 bits per heavy atom. The molecule has 2 N–H and O–H groups in total. The molecule has 1 aromatic rings. The van der Waals surface area contributed by atoms with E-state index in [-0.39, 0.29) is 5.91 Å². The topological polar surface area (TPSA) is 70.9 Å². The number of halogens is 1. The number of hydrogen-bond donors (Lipinski definition) is 2. The van der Waals surface area contributed by atoms with Gasteiger partial charge in [-0.15, -0.1) is 0 Å². The van der Waals surface area contributed by atoms with Crippen LogP contribution in [0.3, 0.4) is 0 Å². The monoisotopic (exact) mass is 404 g/mol. The number of hydrogen-bond acceptors (Lipinski definition) is 3. The van der Waals surface area contributed by atoms with E-state index in [1.165, 1.54) is 11.8 Å². The van der Waals surface area contributed by atoms with Crippen LogP contribution < -0.4 is 10.2 Å². The highest BCUT2D eigenvalue weighted by Crippen LogP contribution is 2.22. The Hall–Kier alpha value is -0.960. The Balaban J connectivity index is 1.95. The maximum absolute atomic E-state index is 12.7. The summed E-state index contributed by atoms with van der Waals surface area (Å²) in [6.07, 6.45) is 0. The number of quaternary nitrogens is 1. The Labute approximate surface area is 146 Å². The van der Waals surface area contributed by atoms with Crippen LogP contribution >= 0.6 is 15.9 Å². The van der Waals surface area contributed by atoms with Crippen LogP contribution in [0.25, 0.3) is 0 Å². The number of carbonyl (C=O) groups is 1. The van der Waals surface area contributed by atoms with Crippen molar-refractivity contribution in [3.8, 4) is 0 Å². The standard InChI is InChI=1S/C15H22BrN3O3S/c1-12-11-14(3-4-15(12)16)23(21,22)19-9-7-18(8-10-19)6-5-17-13(2)20/h3-4,11H,5-10H2,1-2H3,(H,17,20)/p+1. The van der Waals surface area contributed by atoms with Gasteiger partial charge in [-0.1, -0.05) is 15.9 Å². The molecule has 0 spiro atoms. The molecule has 0 saturated carbocycles. The van der Waals surface area contributed by atoms with Crippen LogP contribution in [0.2, 0.25) is 0 Å². The highest BCUT2D eigenvalue weighted by Gasteiger charge is 2.30. The highest BCUT2D eigenvalue weighted by atomic mass is 79.9. The van der Waals surface area contributed by atoms with E-state index < -0.39 is 10.0 Å². The smallest absolute Gasteiger partial charge is 0.243 e. The number of amides is 1. The molecule has 1 aliphatic heterocycles. The lowest BCUT2D eigenvalue weighted by Crippen LogP contribution is -3.15. The van der Waals surface area contributed by atoms with Crippen molar-refractivity contribution in [2.75, 3.05) is 39.3 Å². The SMILES string of the molecule is CC(=O)NCC[NH+]1CCN(S(=O)(=O)c2ccc(Br)c(C)c2)CC1. The van der Waals surface area contributed by atoms with Crippen molar-refractivity contribution in [3.63, 3.8) is 0 Å². The normalized spacial score (nSPS) is 17.2. The van der Waals surface area contributed by atoms with E-state index in [4.69, 9.17) is 0 Å². The van der Waals surface area contributed by atoms with E-state index in [2.05, 4.69) is 21.2 Å². The molecule has 1 aromatic carbocycles. The molecular weight excluding hydrogens is 382 g/mol. The zero-order chi connectivity index (χ0) is 17.0. The van der Waals surface area contributed by atoms with Gasteiger partial charge in [0.25, 0.3) is 0 Å². The van der Waals surface area contributed by atoms with E-state index in [9.17, 15) is 13.2 Å². The first kappa shape index (κ1) is 18.4. The summed E-state index contributed by atoms with van der Waals surface area (Å²) in [6.45, 7) is 7.36. The number of piperazine rings is 1. The number of nitrogens with zero attached hydrogens (tertiary/aromatic N) is 1. The maximum Gasteiger partial charge on any atom is 0.243 e. The molecule has 0 aliphatic carbocycles. The van der Waals surface area contributed by atoms with Crippen molar-refractivity contribution in [2.45, 2.75) is 18.7 Å². The Morgan fingerprint density at radius 1 is 1.35 bits per heavy atom. The molecule has 1 saturated heterocycles. The second-order valence-corrected chi connectivity index (χ2v) is 8.59. The summed E-state index contributed by atoms with van der Waals surface area (Å²) in [4.78, 5) is 12.5. The van der Waals surface area contributed by atoms with E-state index in [1.54, 1.807) is 22.5 Å². The second kappa shape index (κ2) is 7.74. The summed E-state index contributed by atoms with van der Waals surface area (Å²) >= 11 is 3.39. The van der Waals surface area contributed by atoms with Crippen molar-refractivity contribution in [1.82, 2.24) is 9.62 Å². The fourth-order valence-electron chi connectivity index (χ4n) is 2.63. The highest BCUT2D eigenvalue weighted by molar-refractivity contribution is 9.10. The third kappa shape index (κ3) is 4.76. The van der Waals surface area contributed by atoms with Gasteiger partial charge in [-0.3, -0.25) is 4.79 Å². The number of benzene rings is 1. The van der Waals surface area contributed by atoms with Gasteiger partial charge in [-0.2, -0.15) is 4.31 Å². The predicted octanol–water partition coefficient (Wildman–Crippen LogP) is -0.217. The van der Waals surface area contributed by atoms with Crippen LogP contribution in [0.4, 0.5) is 0 Å². The largest absolute Gasteiger partial charge is 0.351 e. The molecule has 23 heavy (non-hydrogen) atoms. The van der Waals surface area contributed by atoms with Gasteiger partial charge in [-0.05, 0) is 30.7 Å². The van der Waals surface area contributed by atoms with Crippen LogP contribution in [-0.2, 0) is 14.8 Å². The van der Waals surface area contributed by atoms with Gasteiger partial charge >= 0.3 is 0 Å². The van der Waals surface area contributed by atoms with Crippen molar-refractivity contribution in [1.29, 1.82) is 0 Å². The van der Waals surface area contributed by atoms with Gasteiger partial charge in [0.1, 0.15) is 0 Å². The van der Waals surface area contributed by atoms with Gasteiger partial charge in [0.2, 0.25) is 15.9 Å². The molecule has 1 aliphatic rings. The number of aryl methyl sites for hydroxylation is 1. The number of rotatable bonds is 5. The third-order valence-corrected chi connectivity index (χ3v) is 6.83. The lowest BCUT2D eigenvalue weighted by Gasteiger charge is -2.31. The van der Waals surface area contributed by atoms with Crippen LogP contribution in [0, 0.1) is 6.92 Å². The first-order valence-corrected chi connectivity index (χ1v) is 9.88. The van der Waals surface area contributed by atoms with Crippen LogP contribution in [0.1, 0.15) is 12.5 Å². The molecule has 1 amide bonds. The third-order valence-electron chi connectivity index (χ3n) is 4.05. The molecule has 1 heterocycles. The van der Waals surface area contributed by atoms with Gasteiger partial charge in [0, 0.05) is 11.4 Å². The zero-order valence-corrected chi connectivity index (χ0v) is 15.8. The molecule has 6 nitrogen and oxygen atoms in total. The van der Waals surface area contributed by atoms with Gasteiger partial charge in [0.05, 0.1) is 44.2 Å². The summed E-state index contributed by atoms with van der Waals surface area (Å²) in [6, 6.07) is 5.12. The van der Waals surface area contributed by atoms with Crippen LogP contribution in [0.5, 0.6) is 0 Å². The second-order valence-electron chi connectivity index (χ2n) is 5.80. The molecular formula is C15H23BrN3O3S+. The average Bonchev–Trinajstić information content (AvgIpc) is 2.50. The van der Waals surface area contributed by atoms with Gasteiger partial charge in [0.15, 0.2) is 0 Å². The fourth-order valence-corrected chi connectivity index (χ4v) is 4.41. The van der Waals surface area contributed by atoms with Crippen LogP contribution in [0.15, 0.2) is 27.6 Å². The van der Waals surface area contributed by atoms with E-state index in [1.807, 2.05) is 6.92 Å². The average molecular weight is 405 g/mol. The van der Waals surface area contributed by atoms with Crippen molar-refractivity contribution in [2.24, 2.45) is 0 Å². The van der Waals surface area contributed by atoms with E-state index >= 15 is 0 Å². The summed E-state index contributed by atoms with van der Waals surface area (Å²) < 4.78 is 27.9. The van der Waals surface area contributed by atoms with Crippen molar-refractivity contribution >= 4 is 31.9 Å². The molecule has 0 radical (unpaired) electrons. The van der Waals surface area contributed by atoms with Crippen LogP contribution in [-0.4, -0.2) is 57.9 Å². The molecule has 128 valence electrons. The van der Waals surface area contributed by atoms with E-state index in [0.29, 0.717) is 24.5 Å². The predicted molar refractivity (Wildman–Crippen MR) is 91.9 cm³/mol. The summed E-state index contributed by atoms with van der Waals surface area (Å²) in [5.74, 6) is -0.0313. The van der Waals surface area contributed by atoms with Crippen molar-refractivity contribution < 1.29 is 18.1 Å². The first-order valence-electron chi connectivity index (χ1n) is 7.65. The molecule has 2 rings (SSSR count). The van der Waals surface area contributed by atoms with E-state index in [0.717, 1.165) is 29.7 Å². The van der Waals surface area contributed by atoms with Gasteiger partial charge < -0.3 is 10.2 Å². The number of sulfonamides is 1. The number of carbonyl (C=O) groups excluding carboxylic acids is 1. The zero-order valence-electron chi connectivity index (χ0n) is 13.4. The number of nitrogens with one attached hydrogen (secondary N) is 2. The van der Waals surface area contributed by atoms with Gasteiger partial charge in [-0.25, -0.2) is 8.42 Å². The minimum Gasteiger partial charge on any atom is -0.351 e. The quantitative estimate of drug-likeness (QED) is 0.712. The minimum atomic E-state index is -3.43. The van der Waals surface area contributed by atoms with Crippen molar-refractivity contribution in [3.05, 3.63) is 28.2 Å².